The maximum absolute atomic E-state index is 12.3. The molecule has 0 aliphatic carbocycles. The smallest absolute Gasteiger partial charge is 0.326 e. The van der Waals surface area contributed by atoms with E-state index in [0.717, 1.165) is 45.7 Å². The van der Waals surface area contributed by atoms with E-state index in [9.17, 15) is 4.79 Å². The Labute approximate surface area is 130 Å². The molecule has 0 radical (unpaired) electrons. The van der Waals surface area contributed by atoms with E-state index in [1.807, 2.05) is 13.8 Å². The third-order valence-electron chi connectivity index (χ3n) is 4.17. The number of rotatable bonds is 8. The minimum atomic E-state index is -0.591. The summed E-state index contributed by atoms with van der Waals surface area (Å²) in [6, 6.07) is 0.261. The van der Waals surface area contributed by atoms with Crippen molar-refractivity contribution in [1.82, 2.24) is 15.1 Å². The summed E-state index contributed by atoms with van der Waals surface area (Å²) in [7, 11) is 0. The van der Waals surface area contributed by atoms with Crippen LogP contribution in [-0.4, -0.2) is 73.2 Å². The molecule has 21 heavy (non-hydrogen) atoms. The van der Waals surface area contributed by atoms with Crippen LogP contribution >= 0.6 is 0 Å². The molecule has 1 atom stereocenters. The predicted molar refractivity (Wildman–Crippen MR) is 86.5 cm³/mol. The van der Waals surface area contributed by atoms with Crippen molar-refractivity contribution in [2.75, 3.05) is 45.9 Å². The first-order valence-corrected chi connectivity index (χ1v) is 8.31. The van der Waals surface area contributed by atoms with E-state index >= 15 is 0 Å². The summed E-state index contributed by atoms with van der Waals surface area (Å²) in [6.45, 7) is 17.1. The number of nitrogens with zero attached hydrogens (tertiary/aromatic N) is 2. The van der Waals surface area contributed by atoms with Crippen molar-refractivity contribution in [3.8, 4) is 0 Å². The number of hydrogen-bond acceptors (Lipinski definition) is 5. The molecule has 1 fully saturated rings. The Morgan fingerprint density at radius 3 is 2.24 bits per heavy atom. The summed E-state index contributed by atoms with van der Waals surface area (Å²) >= 11 is 0. The number of likely N-dealkylation sites (N-methyl/N-ethyl adjacent to an activating group) is 1. The maximum Gasteiger partial charge on any atom is 0.326 e. The van der Waals surface area contributed by atoms with Gasteiger partial charge in [0.05, 0.1) is 6.61 Å². The number of piperazine rings is 1. The van der Waals surface area contributed by atoms with Crippen molar-refractivity contribution >= 4 is 5.97 Å². The normalized spacial score (nSPS) is 20.5. The molecule has 0 spiro atoms. The fourth-order valence-electron chi connectivity index (χ4n) is 2.87. The van der Waals surface area contributed by atoms with Crippen LogP contribution < -0.4 is 5.32 Å². The second kappa shape index (κ2) is 8.71. The Morgan fingerprint density at radius 1 is 1.19 bits per heavy atom. The highest BCUT2D eigenvalue weighted by Gasteiger charge is 2.35. The quantitative estimate of drug-likeness (QED) is 0.685. The van der Waals surface area contributed by atoms with E-state index < -0.39 is 5.54 Å². The SMILES string of the molecule is CCOC(=O)C(C)(CCN1CCN(CC)CC1)NC(C)C. The standard InChI is InChI=1S/C16H33N3O2/c1-6-18-10-12-19(13-11-18)9-8-16(5,17-14(3)4)15(20)21-7-2/h14,17H,6-13H2,1-5H3. The van der Waals surface area contributed by atoms with Crippen molar-refractivity contribution in [2.45, 2.75) is 52.6 Å². The molecule has 1 saturated heterocycles. The van der Waals surface area contributed by atoms with Gasteiger partial charge in [0.25, 0.3) is 0 Å². The first-order valence-electron chi connectivity index (χ1n) is 8.31. The van der Waals surface area contributed by atoms with E-state index in [4.69, 9.17) is 4.74 Å². The molecule has 0 aromatic rings. The van der Waals surface area contributed by atoms with Crippen molar-refractivity contribution in [3.05, 3.63) is 0 Å². The molecule has 1 rings (SSSR count). The van der Waals surface area contributed by atoms with Gasteiger partial charge in [0.15, 0.2) is 0 Å². The lowest BCUT2D eigenvalue weighted by Gasteiger charge is -2.37. The minimum absolute atomic E-state index is 0.133. The van der Waals surface area contributed by atoms with E-state index in [-0.39, 0.29) is 12.0 Å². The Balaban J connectivity index is 2.51. The Bertz CT molecular complexity index is 315. The molecule has 124 valence electrons. The maximum atomic E-state index is 12.3. The zero-order valence-corrected chi connectivity index (χ0v) is 14.4. The summed E-state index contributed by atoms with van der Waals surface area (Å²) in [6.07, 6.45) is 0.788. The largest absolute Gasteiger partial charge is 0.465 e. The van der Waals surface area contributed by atoms with Crippen molar-refractivity contribution in [1.29, 1.82) is 0 Å². The lowest BCUT2D eigenvalue weighted by molar-refractivity contribution is -0.151. The van der Waals surface area contributed by atoms with Gasteiger partial charge >= 0.3 is 5.97 Å². The molecule has 0 amide bonds. The van der Waals surface area contributed by atoms with E-state index in [1.54, 1.807) is 0 Å². The highest BCUT2D eigenvalue weighted by Crippen LogP contribution is 2.15. The molecule has 1 N–H and O–H groups in total. The molecular weight excluding hydrogens is 266 g/mol. The Kier molecular flexibility index (Phi) is 7.63. The van der Waals surface area contributed by atoms with Crippen molar-refractivity contribution < 1.29 is 9.53 Å². The van der Waals surface area contributed by atoms with Gasteiger partial charge in [-0.2, -0.15) is 0 Å². The number of nitrogens with one attached hydrogen (secondary N) is 1. The van der Waals surface area contributed by atoms with Gasteiger partial charge in [-0.1, -0.05) is 6.92 Å². The van der Waals surface area contributed by atoms with Crippen LogP contribution in [-0.2, 0) is 9.53 Å². The molecule has 1 aliphatic rings. The van der Waals surface area contributed by atoms with Gasteiger partial charge in [-0.05, 0) is 40.7 Å². The van der Waals surface area contributed by atoms with Crippen LogP contribution in [0, 0.1) is 0 Å². The molecule has 0 aromatic heterocycles. The molecule has 0 aromatic carbocycles. The molecule has 1 unspecified atom stereocenters. The monoisotopic (exact) mass is 299 g/mol. The number of esters is 1. The zero-order valence-electron chi connectivity index (χ0n) is 14.4. The van der Waals surface area contributed by atoms with Gasteiger partial charge in [0, 0.05) is 38.8 Å². The van der Waals surface area contributed by atoms with Crippen molar-refractivity contribution in [2.24, 2.45) is 0 Å². The Hall–Kier alpha value is -0.650. The molecule has 1 heterocycles. The fraction of sp³-hybridized carbons (Fsp3) is 0.938. The summed E-state index contributed by atoms with van der Waals surface area (Å²) < 4.78 is 5.25. The van der Waals surface area contributed by atoms with Crippen molar-refractivity contribution in [3.63, 3.8) is 0 Å². The van der Waals surface area contributed by atoms with Gasteiger partial charge < -0.3 is 14.5 Å². The summed E-state index contributed by atoms with van der Waals surface area (Å²) in [5.41, 5.74) is -0.591. The predicted octanol–water partition coefficient (Wildman–Crippen LogP) is 1.33. The van der Waals surface area contributed by atoms with E-state index in [0.29, 0.717) is 6.61 Å². The number of carbonyl (C=O) groups is 1. The minimum Gasteiger partial charge on any atom is -0.465 e. The summed E-state index contributed by atoms with van der Waals surface area (Å²) in [4.78, 5) is 17.2. The van der Waals surface area contributed by atoms with Crippen LogP contribution in [0.2, 0.25) is 0 Å². The molecule has 0 bridgehead atoms. The molecule has 1 aliphatic heterocycles. The van der Waals surface area contributed by atoms with Gasteiger partial charge in [0.1, 0.15) is 5.54 Å². The first kappa shape index (κ1) is 18.4. The molecular formula is C16H33N3O2. The second-order valence-electron chi connectivity index (χ2n) is 6.38. The molecule has 5 heteroatoms. The highest BCUT2D eigenvalue weighted by molar-refractivity contribution is 5.80. The van der Waals surface area contributed by atoms with Gasteiger partial charge in [-0.25, -0.2) is 0 Å². The van der Waals surface area contributed by atoms with Crippen LogP contribution in [0.3, 0.4) is 0 Å². The first-order chi connectivity index (χ1) is 9.91. The van der Waals surface area contributed by atoms with E-state index in [2.05, 4.69) is 35.9 Å². The number of hydrogen-bond donors (Lipinski definition) is 1. The van der Waals surface area contributed by atoms with Gasteiger partial charge in [-0.15, -0.1) is 0 Å². The molecule has 5 nitrogen and oxygen atoms in total. The average molecular weight is 299 g/mol. The number of ether oxygens (including phenoxy) is 1. The Morgan fingerprint density at radius 2 is 1.76 bits per heavy atom. The van der Waals surface area contributed by atoms with Crippen LogP contribution in [0.25, 0.3) is 0 Å². The summed E-state index contributed by atoms with van der Waals surface area (Å²) in [5.74, 6) is -0.133. The topological polar surface area (TPSA) is 44.8 Å². The van der Waals surface area contributed by atoms with Gasteiger partial charge in [-0.3, -0.25) is 10.1 Å². The van der Waals surface area contributed by atoms with Crippen LogP contribution in [0.1, 0.15) is 41.0 Å². The summed E-state index contributed by atoms with van der Waals surface area (Å²) in [5, 5.41) is 3.39. The third-order valence-corrected chi connectivity index (χ3v) is 4.17. The van der Waals surface area contributed by atoms with Crippen LogP contribution in [0.5, 0.6) is 0 Å². The molecule has 0 saturated carbocycles. The average Bonchev–Trinajstić information content (AvgIpc) is 2.45. The van der Waals surface area contributed by atoms with Gasteiger partial charge in [0.2, 0.25) is 0 Å². The lowest BCUT2D eigenvalue weighted by atomic mass is 9.96. The third kappa shape index (κ3) is 5.93. The van der Waals surface area contributed by atoms with Crippen LogP contribution in [0.15, 0.2) is 0 Å². The lowest BCUT2D eigenvalue weighted by Crippen LogP contribution is -2.55. The second-order valence-corrected chi connectivity index (χ2v) is 6.38. The van der Waals surface area contributed by atoms with E-state index in [1.165, 1.54) is 0 Å². The highest BCUT2D eigenvalue weighted by atomic mass is 16.5. The number of carbonyl (C=O) groups excluding carboxylic acids is 1. The van der Waals surface area contributed by atoms with Crippen LogP contribution in [0.4, 0.5) is 0 Å². The fourth-order valence-corrected chi connectivity index (χ4v) is 2.87. The zero-order chi connectivity index (χ0) is 15.9.